The van der Waals surface area contributed by atoms with Crippen molar-refractivity contribution >= 4 is 0 Å². The van der Waals surface area contributed by atoms with Gasteiger partial charge in [-0.25, -0.2) is 0 Å². The molecular weight excluding hydrogens is 132 g/mol. The Morgan fingerprint density at radius 3 is 2.73 bits per heavy atom. The minimum absolute atomic E-state index is 0.843. The SMILES string of the molecule is CC.CC1C=C2C=CCC2C1. The highest BCUT2D eigenvalue weighted by Gasteiger charge is 2.23. The van der Waals surface area contributed by atoms with Crippen LogP contribution in [0.5, 0.6) is 0 Å². The van der Waals surface area contributed by atoms with Crippen molar-refractivity contribution in [2.45, 2.75) is 33.6 Å². The van der Waals surface area contributed by atoms with E-state index in [2.05, 4.69) is 25.2 Å². The maximum absolute atomic E-state index is 2.41. The molecule has 11 heavy (non-hydrogen) atoms. The highest BCUT2D eigenvalue weighted by atomic mass is 14.3. The third-order valence-electron chi connectivity index (χ3n) is 2.34. The van der Waals surface area contributed by atoms with E-state index in [4.69, 9.17) is 0 Å². The van der Waals surface area contributed by atoms with Crippen molar-refractivity contribution in [1.29, 1.82) is 0 Å². The van der Waals surface area contributed by atoms with Crippen molar-refractivity contribution in [2.75, 3.05) is 0 Å². The topological polar surface area (TPSA) is 0 Å². The van der Waals surface area contributed by atoms with Crippen molar-refractivity contribution in [3.63, 3.8) is 0 Å². The van der Waals surface area contributed by atoms with Gasteiger partial charge in [-0.1, -0.05) is 39.0 Å². The minimum Gasteiger partial charge on any atom is -0.0837 e. The molecule has 0 heterocycles. The molecule has 0 N–H and O–H groups in total. The van der Waals surface area contributed by atoms with Gasteiger partial charge in [0.15, 0.2) is 0 Å². The van der Waals surface area contributed by atoms with E-state index in [9.17, 15) is 0 Å². The van der Waals surface area contributed by atoms with Crippen LogP contribution in [0.4, 0.5) is 0 Å². The lowest BCUT2D eigenvalue weighted by atomic mass is 10.0. The van der Waals surface area contributed by atoms with E-state index >= 15 is 0 Å². The molecule has 2 atom stereocenters. The van der Waals surface area contributed by atoms with Gasteiger partial charge in [0.25, 0.3) is 0 Å². The standard InChI is InChI=1S/C9H12.C2H6/c1-7-5-8-3-2-4-9(8)6-7;1-2/h2-3,5,7,9H,4,6H2,1H3;1-2H3. The molecule has 0 bridgehead atoms. The maximum Gasteiger partial charge on any atom is -0.0125 e. The largest absolute Gasteiger partial charge is 0.0837 e. The van der Waals surface area contributed by atoms with Crippen LogP contribution in [0.3, 0.4) is 0 Å². The Hall–Kier alpha value is -0.520. The lowest BCUT2D eigenvalue weighted by Crippen LogP contribution is -1.92. The van der Waals surface area contributed by atoms with E-state index in [-0.39, 0.29) is 0 Å². The third-order valence-corrected chi connectivity index (χ3v) is 2.34. The van der Waals surface area contributed by atoms with E-state index < -0.39 is 0 Å². The maximum atomic E-state index is 2.41. The average Bonchev–Trinajstić information content (AvgIpc) is 2.51. The Labute approximate surface area is 70.0 Å². The smallest absolute Gasteiger partial charge is 0.0125 e. The van der Waals surface area contributed by atoms with Gasteiger partial charge in [0.1, 0.15) is 0 Å². The number of fused-ring (bicyclic) bond motifs is 1. The summed E-state index contributed by atoms with van der Waals surface area (Å²) in [5.74, 6) is 1.75. The summed E-state index contributed by atoms with van der Waals surface area (Å²) in [6, 6.07) is 0. The van der Waals surface area contributed by atoms with Gasteiger partial charge in [0, 0.05) is 0 Å². The molecule has 0 spiro atoms. The molecule has 0 amide bonds. The molecule has 2 aliphatic rings. The molecule has 2 rings (SSSR count). The van der Waals surface area contributed by atoms with Gasteiger partial charge in [0.2, 0.25) is 0 Å². The zero-order chi connectivity index (χ0) is 8.27. The van der Waals surface area contributed by atoms with Crippen molar-refractivity contribution in [3.05, 3.63) is 23.8 Å². The summed E-state index contributed by atoms with van der Waals surface area (Å²) in [7, 11) is 0. The van der Waals surface area contributed by atoms with E-state index in [0.717, 1.165) is 11.8 Å². The normalized spacial score (nSPS) is 32.5. The van der Waals surface area contributed by atoms with Crippen molar-refractivity contribution < 1.29 is 0 Å². The first-order chi connectivity index (χ1) is 5.36. The van der Waals surface area contributed by atoms with Crippen LogP contribution in [0.1, 0.15) is 33.6 Å². The Morgan fingerprint density at radius 1 is 1.36 bits per heavy atom. The second kappa shape index (κ2) is 3.75. The molecule has 0 aromatic rings. The summed E-state index contributed by atoms with van der Waals surface area (Å²) < 4.78 is 0. The lowest BCUT2D eigenvalue weighted by molar-refractivity contribution is 0.558. The molecule has 0 radical (unpaired) electrons. The van der Waals surface area contributed by atoms with Gasteiger partial charge in [0.05, 0.1) is 0 Å². The number of rotatable bonds is 0. The van der Waals surface area contributed by atoms with Gasteiger partial charge in [-0.15, -0.1) is 0 Å². The van der Waals surface area contributed by atoms with Gasteiger partial charge in [-0.2, -0.15) is 0 Å². The fraction of sp³-hybridized carbons (Fsp3) is 0.636. The molecule has 62 valence electrons. The van der Waals surface area contributed by atoms with Crippen LogP contribution in [-0.2, 0) is 0 Å². The number of allylic oxidation sites excluding steroid dienone is 4. The molecule has 0 aromatic heterocycles. The van der Waals surface area contributed by atoms with E-state index in [0.29, 0.717) is 0 Å². The molecule has 0 saturated carbocycles. The van der Waals surface area contributed by atoms with Crippen molar-refractivity contribution in [3.8, 4) is 0 Å². The monoisotopic (exact) mass is 150 g/mol. The van der Waals surface area contributed by atoms with Crippen molar-refractivity contribution in [1.82, 2.24) is 0 Å². The first-order valence-corrected chi connectivity index (χ1v) is 4.74. The Bertz CT molecular complexity index is 174. The highest BCUT2D eigenvalue weighted by Crippen LogP contribution is 2.37. The summed E-state index contributed by atoms with van der Waals surface area (Å²) >= 11 is 0. The van der Waals surface area contributed by atoms with Gasteiger partial charge < -0.3 is 0 Å². The Kier molecular flexibility index (Phi) is 2.92. The molecule has 0 aromatic carbocycles. The molecule has 0 fully saturated rings. The molecule has 0 saturated heterocycles. The number of hydrogen-bond acceptors (Lipinski definition) is 0. The highest BCUT2D eigenvalue weighted by molar-refractivity contribution is 5.32. The van der Waals surface area contributed by atoms with Gasteiger partial charge in [-0.3, -0.25) is 0 Å². The van der Waals surface area contributed by atoms with E-state index in [1.807, 2.05) is 13.8 Å². The Morgan fingerprint density at radius 2 is 2.09 bits per heavy atom. The first kappa shape index (κ1) is 8.58. The summed E-state index contributed by atoms with van der Waals surface area (Å²) in [4.78, 5) is 0. The fourth-order valence-corrected chi connectivity index (χ4v) is 1.91. The summed E-state index contributed by atoms with van der Waals surface area (Å²) in [6.07, 6.45) is 9.68. The summed E-state index contributed by atoms with van der Waals surface area (Å²) in [6.45, 7) is 6.30. The van der Waals surface area contributed by atoms with Crippen LogP contribution in [0.2, 0.25) is 0 Å². The molecule has 0 aliphatic heterocycles. The molecule has 0 heteroatoms. The van der Waals surface area contributed by atoms with Crippen LogP contribution < -0.4 is 0 Å². The lowest BCUT2D eigenvalue weighted by Gasteiger charge is -2.02. The van der Waals surface area contributed by atoms with E-state index in [1.54, 1.807) is 5.57 Å². The molecular formula is C11H18. The molecule has 0 nitrogen and oxygen atoms in total. The average molecular weight is 150 g/mol. The van der Waals surface area contributed by atoms with Crippen LogP contribution in [0, 0.1) is 11.8 Å². The zero-order valence-corrected chi connectivity index (χ0v) is 7.80. The van der Waals surface area contributed by atoms with Crippen LogP contribution in [-0.4, -0.2) is 0 Å². The predicted octanol–water partition coefficient (Wildman–Crippen LogP) is 3.55. The quantitative estimate of drug-likeness (QED) is 0.495. The Balaban J connectivity index is 0.000000281. The van der Waals surface area contributed by atoms with Gasteiger partial charge >= 0.3 is 0 Å². The second-order valence-corrected chi connectivity index (χ2v) is 3.21. The summed E-state index contributed by atoms with van der Waals surface area (Å²) in [5.41, 5.74) is 1.60. The predicted molar refractivity (Wildman–Crippen MR) is 50.5 cm³/mol. The molecule has 2 aliphatic carbocycles. The first-order valence-electron chi connectivity index (χ1n) is 4.74. The third kappa shape index (κ3) is 1.74. The fourth-order valence-electron chi connectivity index (χ4n) is 1.91. The van der Waals surface area contributed by atoms with Gasteiger partial charge in [-0.05, 0) is 30.3 Å². The zero-order valence-electron chi connectivity index (χ0n) is 7.80. The van der Waals surface area contributed by atoms with Crippen LogP contribution in [0.25, 0.3) is 0 Å². The van der Waals surface area contributed by atoms with Crippen LogP contribution >= 0.6 is 0 Å². The van der Waals surface area contributed by atoms with Crippen molar-refractivity contribution in [2.24, 2.45) is 11.8 Å². The summed E-state index contributed by atoms with van der Waals surface area (Å²) in [5, 5.41) is 0. The number of hydrogen-bond donors (Lipinski definition) is 0. The second-order valence-electron chi connectivity index (χ2n) is 3.21. The van der Waals surface area contributed by atoms with E-state index in [1.165, 1.54) is 12.8 Å². The minimum atomic E-state index is 0.843. The molecule has 2 unspecified atom stereocenters. The van der Waals surface area contributed by atoms with Crippen LogP contribution in [0.15, 0.2) is 23.8 Å².